The Kier molecular flexibility index (Phi) is 4.54. The Balaban J connectivity index is 1.49. The van der Waals surface area contributed by atoms with Gasteiger partial charge in [0.25, 0.3) is 5.89 Å². The van der Waals surface area contributed by atoms with Gasteiger partial charge in [-0.05, 0) is 49.2 Å². The third kappa shape index (κ3) is 3.16. The second-order valence-corrected chi connectivity index (χ2v) is 7.22. The van der Waals surface area contributed by atoms with Crippen LogP contribution in [0.3, 0.4) is 0 Å². The highest BCUT2D eigenvalue weighted by atomic mass is 16.5. The number of hydrogen-bond donors (Lipinski definition) is 1. The van der Waals surface area contributed by atoms with E-state index in [4.69, 9.17) is 14.2 Å². The third-order valence-corrected chi connectivity index (χ3v) is 5.45. The van der Waals surface area contributed by atoms with Crippen LogP contribution in [0.1, 0.15) is 16.8 Å². The van der Waals surface area contributed by atoms with E-state index in [1.165, 1.54) is 11.1 Å². The summed E-state index contributed by atoms with van der Waals surface area (Å²) in [6.07, 6.45) is 2.90. The van der Waals surface area contributed by atoms with Crippen LogP contribution in [-0.2, 0) is 17.7 Å². The summed E-state index contributed by atoms with van der Waals surface area (Å²) >= 11 is 0. The molecule has 144 valence electrons. The first kappa shape index (κ1) is 17.3. The van der Waals surface area contributed by atoms with Crippen molar-refractivity contribution in [2.24, 2.45) is 0 Å². The first-order valence-corrected chi connectivity index (χ1v) is 9.75. The molecule has 2 aromatic heterocycles. The van der Waals surface area contributed by atoms with Crippen molar-refractivity contribution in [2.75, 3.05) is 37.7 Å². The molecule has 1 N–H and O–H groups in total. The average molecular weight is 377 g/mol. The van der Waals surface area contributed by atoms with Gasteiger partial charge in [0.2, 0.25) is 5.82 Å². The molecule has 0 saturated carbocycles. The van der Waals surface area contributed by atoms with Crippen molar-refractivity contribution in [3.8, 4) is 22.8 Å². The summed E-state index contributed by atoms with van der Waals surface area (Å²) in [4.78, 5) is 11.6. The van der Waals surface area contributed by atoms with Crippen LogP contribution in [0, 0.1) is 6.92 Å². The lowest BCUT2D eigenvalue weighted by Gasteiger charge is -2.28. The Morgan fingerprint density at radius 2 is 2.07 bits per heavy atom. The van der Waals surface area contributed by atoms with E-state index in [1.807, 2.05) is 25.3 Å². The Bertz CT molecular complexity index is 994. The molecule has 1 aromatic carbocycles. The molecule has 1 saturated heterocycles. The van der Waals surface area contributed by atoms with Crippen LogP contribution in [0.25, 0.3) is 22.8 Å². The molecule has 4 heterocycles. The number of aryl methyl sites for hydroxylation is 1. The van der Waals surface area contributed by atoms with E-state index in [2.05, 4.69) is 32.5 Å². The van der Waals surface area contributed by atoms with Gasteiger partial charge >= 0.3 is 0 Å². The van der Waals surface area contributed by atoms with Crippen molar-refractivity contribution in [3.63, 3.8) is 0 Å². The monoisotopic (exact) mass is 377 g/mol. The third-order valence-electron chi connectivity index (χ3n) is 5.45. The van der Waals surface area contributed by atoms with Gasteiger partial charge in [-0.2, -0.15) is 4.98 Å². The lowest BCUT2D eigenvalue weighted by molar-refractivity contribution is 0.122. The van der Waals surface area contributed by atoms with Crippen LogP contribution < -0.4 is 10.2 Å². The molecular formula is C21H23N5O2. The minimum atomic E-state index is 0.538. The Labute approximate surface area is 163 Å². The fourth-order valence-electron chi connectivity index (χ4n) is 3.97. The number of ether oxygens (including phenoxy) is 1. The summed E-state index contributed by atoms with van der Waals surface area (Å²) < 4.78 is 11.1. The SMILES string of the molecule is Cc1ncc2c(c1-c1noc(-c3cccc(N4CCOCC4)c3)n1)CCNC2. The number of nitrogens with zero attached hydrogens (tertiary/aromatic N) is 4. The molecule has 7 nitrogen and oxygen atoms in total. The van der Waals surface area contributed by atoms with Crippen molar-refractivity contribution in [2.45, 2.75) is 19.9 Å². The van der Waals surface area contributed by atoms with Crippen LogP contribution in [0.4, 0.5) is 5.69 Å². The first-order chi connectivity index (χ1) is 13.8. The quantitative estimate of drug-likeness (QED) is 0.752. The van der Waals surface area contributed by atoms with Gasteiger partial charge in [0.05, 0.1) is 13.2 Å². The fourth-order valence-corrected chi connectivity index (χ4v) is 3.97. The summed E-state index contributed by atoms with van der Waals surface area (Å²) in [5.41, 5.74) is 6.53. The molecule has 0 aliphatic carbocycles. The molecule has 3 aromatic rings. The molecule has 0 atom stereocenters. The number of rotatable bonds is 3. The van der Waals surface area contributed by atoms with Crippen molar-refractivity contribution in [1.82, 2.24) is 20.4 Å². The number of morpholine rings is 1. The number of nitrogens with one attached hydrogen (secondary N) is 1. The zero-order chi connectivity index (χ0) is 18.9. The van der Waals surface area contributed by atoms with Crippen molar-refractivity contribution >= 4 is 5.69 Å². The molecule has 0 radical (unpaired) electrons. The second kappa shape index (κ2) is 7.33. The van der Waals surface area contributed by atoms with Crippen molar-refractivity contribution < 1.29 is 9.26 Å². The molecule has 2 aliphatic heterocycles. The molecule has 1 fully saturated rings. The molecule has 0 unspecified atom stereocenters. The van der Waals surface area contributed by atoms with Crippen LogP contribution >= 0.6 is 0 Å². The van der Waals surface area contributed by atoms with E-state index in [-0.39, 0.29) is 0 Å². The number of hydrogen-bond acceptors (Lipinski definition) is 7. The van der Waals surface area contributed by atoms with E-state index >= 15 is 0 Å². The van der Waals surface area contributed by atoms with Gasteiger partial charge in [0, 0.05) is 48.3 Å². The lowest BCUT2D eigenvalue weighted by Crippen LogP contribution is -2.36. The van der Waals surface area contributed by atoms with Gasteiger partial charge in [0.1, 0.15) is 0 Å². The first-order valence-electron chi connectivity index (χ1n) is 9.75. The van der Waals surface area contributed by atoms with E-state index in [0.29, 0.717) is 11.7 Å². The standard InChI is InChI=1S/C21H23N5O2/c1-14-19(18-5-6-22-12-16(18)13-23-14)20-24-21(28-25-20)15-3-2-4-17(11-15)26-7-9-27-10-8-26/h2-4,11,13,22H,5-10,12H2,1H3. The topological polar surface area (TPSA) is 76.3 Å². The molecule has 5 rings (SSSR count). The van der Waals surface area contributed by atoms with Gasteiger partial charge in [-0.25, -0.2) is 0 Å². The largest absolute Gasteiger partial charge is 0.378 e. The fraction of sp³-hybridized carbons (Fsp3) is 0.381. The summed E-state index contributed by atoms with van der Waals surface area (Å²) in [5.74, 6) is 1.16. The van der Waals surface area contributed by atoms with Crippen molar-refractivity contribution in [3.05, 3.63) is 47.3 Å². The zero-order valence-corrected chi connectivity index (χ0v) is 15.9. The molecule has 0 amide bonds. The number of fused-ring (bicyclic) bond motifs is 1. The molecular weight excluding hydrogens is 354 g/mol. The molecule has 0 spiro atoms. The smallest absolute Gasteiger partial charge is 0.258 e. The highest BCUT2D eigenvalue weighted by Crippen LogP contribution is 2.31. The van der Waals surface area contributed by atoms with Gasteiger partial charge in [0.15, 0.2) is 0 Å². The number of aromatic nitrogens is 3. The molecule has 0 bridgehead atoms. The minimum absolute atomic E-state index is 0.538. The summed E-state index contributed by atoms with van der Waals surface area (Å²) in [6, 6.07) is 8.27. The molecule has 7 heteroatoms. The van der Waals surface area contributed by atoms with Crippen molar-refractivity contribution in [1.29, 1.82) is 0 Å². The van der Waals surface area contributed by atoms with Gasteiger partial charge in [-0.3, -0.25) is 4.98 Å². The summed E-state index contributed by atoms with van der Waals surface area (Å²) in [7, 11) is 0. The number of pyridine rings is 1. The van der Waals surface area contributed by atoms with Crippen LogP contribution in [0.2, 0.25) is 0 Å². The zero-order valence-electron chi connectivity index (χ0n) is 15.9. The van der Waals surface area contributed by atoms with Gasteiger partial charge < -0.3 is 19.5 Å². The minimum Gasteiger partial charge on any atom is -0.378 e. The number of anilines is 1. The highest BCUT2D eigenvalue weighted by molar-refractivity contribution is 5.68. The Morgan fingerprint density at radius 3 is 2.96 bits per heavy atom. The highest BCUT2D eigenvalue weighted by Gasteiger charge is 2.21. The summed E-state index contributed by atoms with van der Waals surface area (Å²) in [5, 5.41) is 7.68. The molecule has 28 heavy (non-hydrogen) atoms. The van der Waals surface area contributed by atoms with Crippen LogP contribution in [0.5, 0.6) is 0 Å². The van der Waals surface area contributed by atoms with Crippen LogP contribution in [0.15, 0.2) is 35.0 Å². The predicted octanol–water partition coefficient (Wildman–Crippen LogP) is 2.59. The maximum absolute atomic E-state index is 5.65. The maximum Gasteiger partial charge on any atom is 0.258 e. The predicted molar refractivity (Wildman–Crippen MR) is 106 cm³/mol. The lowest BCUT2D eigenvalue weighted by atomic mass is 9.95. The van der Waals surface area contributed by atoms with E-state index in [0.717, 1.165) is 68.3 Å². The number of benzene rings is 1. The molecule has 2 aliphatic rings. The Morgan fingerprint density at radius 1 is 1.18 bits per heavy atom. The van der Waals surface area contributed by atoms with Gasteiger partial charge in [-0.1, -0.05) is 11.2 Å². The summed E-state index contributed by atoms with van der Waals surface area (Å²) in [6.45, 7) is 7.11. The Hall–Kier alpha value is -2.77. The van der Waals surface area contributed by atoms with E-state index in [9.17, 15) is 0 Å². The second-order valence-electron chi connectivity index (χ2n) is 7.22. The van der Waals surface area contributed by atoms with E-state index < -0.39 is 0 Å². The normalized spacial score (nSPS) is 16.8. The van der Waals surface area contributed by atoms with E-state index in [1.54, 1.807) is 0 Å². The van der Waals surface area contributed by atoms with Gasteiger partial charge in [-0.15, -0.1) is 0 Å². The maximum atomic E-state index is 5.65. The van der Waals surface area contributed by atoms with Crippen LogP contribution in [-0.4, -0.2) is 48.0 Å². The average Bonchev–Trinajstić information content (AvgIpc) is 3.24.